The van der Waals surface area contributed by atoms with Crippen molar-refractivity contribution >= 4 is 28.6 Å². The molecule has 1 aromatic heterocycles. The van der Waals surface area contributed by atoms with Gasteiger partial charge in [0.15, 0.2) is 11.0 Å². The van der Waals surface area contributed by atoms with Crippen molar-refractivity contribution in [2.75, 3.05) is 17.8 Å². The number of anilines is 1. The van der Waals surface area contributed by atoms with Crippen molar-refractivity contribution in [2.45, 2.75) is 71.3 Å². The molecule has 1 aliphatic heterocycles. The van der Waals surface area contributed by atoms with Gasteiger partial charge in [0.25, 0.3) is 0 Å². The van der Waals surface area contributed by atoms with Crippen LogP contribution in [0.15, 0.2) is 78.0 Å². The molecule has 13 heteroatoms. The van der Waals surface area contributed by atoms with E-state index in [9.17, 15) is 18.0 Å². The van der Waals surface area contributed by atoms with Gasteiger partial charge in [-0.3, -0.25) is 0 Å². The molecule has 0 bridgehead atoms. The number of alkyl halides is 3. The van der Waals surface area contributed by atoms with Crippen molar-refractivity contribution in [1.82, 2.24) is 20.1 Å². The lowest BCUT2D eigenvalue weighted by Crippen LogP contribution is -2.43. The maximum absolute atomic E-state index is 13.1. The summed E-state index contributed by atoms with van der Waals surface area (Å²) in [6, 6.07) is 19.0. The van der Waals surface area contributed by atoms with E-state index in [0.29, 0.717) is 16.7 Å². The molecule has 1 saturated heterocycles. The second kappa shape index (κ2) is 15.1. The van der Waals surface area contributed by atoms with Crippen LogP contribution in [0.1, 0.15) is 57.6 Å². The fourth-order valence-corrected chi connectivity index (χ4v) is 6.61. The van der Waals surface area contributed by atoms with E-state index in [-0.39, 0.29) is 29.8 Å². The highest BCUT2D eigenvalue weighted by atomic mass is 32.2. The Labute approximate surface area is 282 Å². The number of aliphatic imine (C=N–C) groups is 1. The standard InChI is InChI=1S/C35H39F3N6O3S/c1-22(2)30-20-29(46-5)16-17-31(30)44-24(4)18-19-48-34(44)41-33(45)40-23(3)6-7-25-8-10-26(11-9-25)32-39-21-43(42-32)27-12-14-28(15-13-27)47-35(36,37)38/h8-17,20-24H,6-7,18-19H2,1-5H3,(H,40,45)/b41-34-. The molecule has 9 nitrogen and oxygen atoms in total. The molecule has 2 heterocycles. The first-order chi connectivity index (χ1) is 22.9. The molecule has 5 rings (SSSR count). The predicted octanol–water partition coefficient (Wildman–Crippen LogP) is 8.38. The molecule has 1 fully saturated rings. The number of ether oxygens (including phenoxy) is 2. The second-order valence-corrected chi connectivity index (χ2v) is 13.0. The zero-order valence-electron chi connectivity index (χ0n) is 27.5. The van der Waals surface area contributed by atoms with E-state index in [1.54, 1.807) is 18.9 Å². The molecular weight excluding hydrogens is 641 g/mol. The van der Waals surface area contributed by atoms with Crippen LogP contribution in [0.4, 0.5) is 23.7 Å². The third kappa shape index (κ3) is 8.88. The first-order valence-corrected chi connectivity index (χ1v) is 16.7. The van der Waals surface area contributed by atoms with Gasteiger partial charge < -0.3 is 19.7 Å². The number of urea groups is 1. The molecule has 2 atom stereocenters. The minimum Gasteiger partial charge on any atom is -0.497 e. The van der Waals surface area contributed by atoms with Gasteiger partial charge in [-0.25, -0.2) is 14.5 Å². The maximum atomic E-state index is 13.1. The van der Waals surface area contributed by atoms with E-state index in [4.69, 9.17) is 4.74 Å². The molecule has 2 unspecified atom stereocenters. The molecule has 3 aromatic carbocycles. The number of hydrogen-bond donors (Lipinski definition) is 1. The summed E-state index contributed by atoms with van der Waals surface area (Å²) >= 11 is 1.60. The quantitative estimate of drug-likeness (QED) is 0.180. The average Bonchev–Trinajstić information content (AvgIpc) is 3.54. The Kier molecular flexibility index (Phi) is 11.0. The normalized spacial score (nSPS) is 16.6. The third-order valence-electron chi connectivity index (χ3n) is 8.00. The molecule has 0 spiro atoms. The molecular formula is C35H39F3N6O3S. The van der Waals surface area contributed by atoms with Crippen LogP contribution in [0.25, 0.3) is 17.1 Å². The first-order valence-electron chi connectivity index (χ1n) is 15.8. The summed E-state index contributed by atoms with van der Waals surface area (Å²) in [4.78, 5) is 24.1. The van der Waals surface area contributed by atoms with Crippen LogP contribution in [0.2, 0.25) is 0 Å². The monoisotopic (exact) mass is 680 g/mol. The number of aryl methyl sites for hydroxylation is 1. The highest BCUT2D eigenvalue weighted by Crippen LogP contribution is 2.37. The van der Waals surface area contributed by atoms with E-state index in [1.807, 2.05) is 37.3 Å². The van der Waals surface area contributed by atoms with Gasteiger partial charge >= 0.3 is 12.4 Å². The number of thioether (sulfide) groups is 1. The van der Waals surface area contributed by atoms with Crippen LogP contribution in [0, 0.1) is 0 Å². The first kappa shape index (κ1) is 34.8. The fourth-order valence-electron chi connectivity index (χ4n) is 5.40. The Balaban J connectivity index is 1.17. The Morgan fingerprint density at radius 1 is 1.06 bits per heavy atom. The largest absolute Gasteiger partial charge is 0.573 e. The minimum atomic E-state index is -4.75. The van der Waals surface area contributed by atoms with E-state index < -0.39 is 6.36 Å². The number of nitrogens with one attached hydrogen (secondary N) is 1. The Bertz CT molecular complexity index is 1720. The van der Waals surface area contributed by atoms with Crippen LogP contribution in [-0.4, -0.2) is 57.3 Å². The number of rotatable bonds is 10. The Morgan fingerprint density at radius 2 is 1.77 bits per heavy atom. The van der Waals surface area contributed by atoms with Gasteiger partial charge in [0.1, 0.15) is 17.8 Å². The summed E-state index contributed by atoms with van der Waals surface area (Å²) < 4.78 is 48.2. The summed E-state index contributed by atoms with van der Waals surface area (Å²) in [7, 11) is 1.66. The highest BCUT2D eigenvalue weighted by Gasteiger charge is 2.31. The number of aromatic nitrogens is 3. The van der Waals surface area contributed by atoms with Crippen molar-refractivity contribution in [2.24, 2.45) is 4.99 Å². The van der Waals surface area contributed by atoms with Crippen LogP contribution in [0.5, 0.6) is 11.5 Å². The number of benzene rings is 3. The Morgan fingerprint density at radius 3 is 2.44 bits per heavy atom. The molecule has 48 heavy (non-hydrogen) atoms. The van der Waals surface area contributed by atoms with Gasteiger partial charge in [-0.1, -0.05) is 49.9 Å². The summed E-state index contributed by atoms with van der Waals surface area (Å²) in [6.45, 7) is 8.43. The third-order valence-corrected chi connectivity index (χ3v) is 8.99. The fraction of sp³-hybridized carbons (Fsp3) is 0.371. The molecule has 1 N–H and O–H groups in total. The van der Waals surface area contributed by atoms with Gasteiger partial charge in [-0.2, -0.15) is 4.99 Å². The second-order valence-electron chi connectivity index (χ2n) is 12.0. The van der Waals surface area contributed by atoms with E-state index in [0.717, 1.165) is 53.1 Å². The highest BCUT2D eigenvalue weighted by molar-refractivity contribution is 8.14. The smallest absolute Gasteiger partial charge is 0.497 e. The maximum Gasteiger partial charge on any atom is 0.573 e. The van der Waals surface area contributed by atoms with Gasteiger partial charge in [0, 0.05) is 29.1 Å². The van der Waals surface area contributed by atoms with Gasteiger partial charge in [0.2, 0.25) is 0 Å². The molecule has 0 saturated carbocycles. The van der Waals surface area contributed by atoms with Crippen LogP contribution < -0.4 is 19.7 Å². The number of halogens is 3. The zero-order chi connectivity index (χ0) is 34.4. The topological polar surface area (TPSA) is 93.9 Å². The van der Waals surface area contributed by atoms with Crippen molar-refractivity contribution in [3.05, 3.63) is 84.2 Å². The van der Waals surface area contributed by atoms with E-state index in [2.05, 4.69) is 62.9 Å². The van der Waals surface area contributed by atoms with E-state index in [1.165, 1.54) is 35.3 Å². The number of carbonyl (C=O) groups excluding carboxylic acids is 1. The van der Waals surface area contributed by atoms with Crippen LogP contribution in [0.3, 0.4) is 0 Å². The number of carbonyl (C=O) groups is 1. The molecule has 1 aliphatic rings. The summed E-state index contributed by atoms with van der Waals surface area (Å²) in [5, 5.41) is 8.20. The zero-order valence-corrected chi connectivity index (χ0v) is 28.3. The lowest BCUT2D eigenvalue weighted by atomic mass is 9.99. The van der Waals surface area contributed by atoms with E-state index >= 15 is 0 Å². The summed E-state index contributed by atoms with van der Waals surface area (Å²) in [5.41, 5.74) is 4.63. The lowest BCUT2D eigenvalue weighted by Gasteiger charge is -2.37. The molecule has 0 aliphatic carbocycles. The number of amides is 2. The molecule has 2 amide bonds. The SMILES string of the molecule is COc1ccc(N2/C(=N/C(=O)NC(C)CCc3ccc(-c4ncn(-c5ccc(OC(F)(F)F)cc5)n4)cc3)SCCC2C)c(C(C)C)c1. The van der Waals surface area contributed by atoms with Crippen LogP contribution >= 0.6 is 11.8 Å². The number of amidine groups is 1. The number of nitrogens with zero attached hydrogens (tertiary/aromatic N) is 5. The number of hydrogen-bond acceptors (Lipinski definition) is 6. The number of methoxy groups -OCH3 is 1. The van der Waals surface area contributed by atoms with Gasteiger partial charge in [-0.15, -0.1) is 18.3 Å². The van der Waals surface area contributed by atoms with Crippen LogP contribution in [-0.2, 0) is 6.42 Å². The Hall–Kier alpha value is -4.52. The molecule has 4 aromatic rings. The van der Waals surface area contributed by atoms with Crippen molar-refractivity contribution in [1.29, 1.82) is 0 Å². The lowest BCUT2D eigenvalue weighted by molar-refractivity contribution is -0.274. The van der Waals surface area contributed by atoms with Gasteiger partial charge in [-0.05, 0) is 92.6 Å². The van der Waals surface area contributed by atoms with Crippen molar-refractivity contribution in [3.63, 3.8) is 0 Å². The molecule has 0 radical (unpaired) electrons. The molecule has 254 valence electrons. The van der Waals surface area contributed by atoms with Gasteiger partial charge in [0.05, 0.1) is 12.8 Å². The van der Waals surface area contributed by atoms with Crippen molar-refractivity contribution < 1.29 is 27.4 Å². The van der Waals surface area contributed by atoms with Crippen molar-refractivity contribution in [3.8, 4) is 28.6 Å². The average molecular weight is 681 g/mol. The summed E-state index contributed by atoms with van der Waals surface area (Å²) in [6.07, 6.45) is -0.794. The minimum absolute atomic E-state index is 0.0986. The predicted molar refractivity (Wildman–Crippen MR) is 183 cm³/mol. The summed E-state index contributed by atoms with van der Waals surface area (Å²) in [5.74, 6) is 2.14.